The van der Waals surface area contributed by atoms with Crippen LogP contribution in [0.25, 0.3) is 11.3 Å². The van der Waals surface area contributed by atoms with Crippen LogP contribution in [0.15, 0.2) is 35.7 Å². The van der Waals surface area contributed by atoms with Gasteiger partial charge in [-0.05, 0) is 0 Å². The van der Waals surface area contributed by atoms with Gasteiger partial charge in [-0.2, -0.15) is 0 Å². The lowest BCUT2D eigenvalue weighted by Crippen LogP contribution is -2.27. The predicted molar refractivity (Wildman–Crippen MR) is 62.4 cm³/mol. The predicted octanol–water partition coefficient (Wildman–Crippen LogP) is 1.20. The lowest BCUT2D eigenvalue weighted by Gasteiger charge is -1.95. The number of carbonyl (C=O) groups excluding carboxylic acids is 2. The van der Waals surface area contributed by atoms with Crippen LogP contribution in [0, 0.1) is 0 Å². The van der Waals surface area contributed by atoms with E-state index in [-0.39, 0.29) is 5.19 Å². The highest BCUT2D eigenvalue weighted by Gasteiger charge is 2.14. The number of thiazole rings is 1. The molecule has 1 amide bonds. The van der Waals surface area contributed by atoms with Crippen molar-refractivity contribution in [2.75, 3.05) is 0 Å². The fraction of sp³-hybridized carbons (Fsp3) is 0. The average molecular weight is 248 g/mol. The van der Waals surface area contributed by atoms with Crippen LogP contribution >= 0.6 is 11.3 Å². The number of benzene rings is 1. The number of nitrogens with zero attached hydrogens (tertiary/aromatic N) is 1. The number of primary amides is 1. The SMILES string of the molecule is NC(=O)C(=O)Oc1nc(-c2ccccc2)cs1. The van der Waals surface area contributed by atoms with Gasteiger partial charge in [0.1, 0.15) is 0 Å². The molecule has 86 valence electrons. The summed E-state index contributed by atoms with van der Waals surface area (Å²) in [5.41, 5.74) is 6.36. The minimum absolute atomic E-state index is 0.104. The minimum atomic E-state index is -1.14. The van der Waals surface area contributed by atoms with Gasteiger partial charge in [-0.15, -0.1) is 0 Å². The van der Waals surface area contributed by atoms with E-state index in [9.17, 15) is 9.59 Å². The van der Waals surface area contributed by atoms with Gasteiger partial charge in [0.15, 0.2) is 0 Å². The maximum atomic E-state index is 10.9. The molecule has 2 rings (SSSR count). The molecule has 6 heteroatoms. The van der Waals surface area contributed by atoms with Crippen LogP contribution in [0.1, 0.15) is 0 Å². The molecule has 0 spiro atoms. The Kier molecular flexibility index (Phi) is 3.15. The van der Waals surface area contributed by atoms with E-state index in [2.05, 4.69) is 9.72 Å². The van der Waals surface area contributed by atoms with Crippen LogP contribution in [0.4, 0.5) is 0 Å². The van der Waals surface area contributed by atoms with E-state index in [1.165, 1.54) is 0 Å². The summed E-state index contributed by atoms with van der Waals surface area (Å²) in [5, 5.41) is 1.84. The molecular formula is C11H8N2O3S. The standard InChI is InChI=1S/C11H8N2O3S/c12-9(14)10(15)16-11-13-8(6-17-11)7-4-2-1-3-5-7/h1-6H,(H2,12,14). The fourth-order valence-electron chi connectivity index (χ4n) is 1.18. The van der Waals surface area contributed by atoms with Crippen LogP contribution in [0.3, 0.4) is 0 Å². The second-order valence-electron chi connectivity index (χ2n) is 3.12. The zero-order chi connectivity index (χ0) is 12.3. The molecule has 0 fully saturated rings. The third-order valence-electron chi connectivity index (χ3n) is 1.93. The van der Waals surface area contributed by atoms with Crippen LogP contribution in [0.5, 0.6) is 5.19 Å². The van der Waals surface area contributed by atoms with E-state index in [1.54, 1.807) is 5.38 Å². The summed E-state index contributed by atoms with van der Waals surface area (Å²) in [5.74, 6) is -2.25. The molecule has 0 atom stereocenters. The molecule has 0 aliphatic carbocycles. The maximum Gasteiger partial charge on any atom is 0.403 e. The van der Waals surface area contributed by atoms with Gasteiger partial charge in [0.25, 0.3) is 5.19 Å². The zero-order valence-electron chi connectivity index (χ0n) is 8.62. The van der Waals surface area contributed by atoms with E-state index >= 15 is 0 Å². The molecule has 0 saturated carbocycles. The molecule has 2 N–H and O–H groups in total. The topological polar surface area (TPSA) is 82.3 Å². The number of carbonyl (C=O) groups is 2. The largest absolute Gasteiger partial charge is 0.403 e. The summed E-state index contributed by atoms with van der Waals surface area (Å²) in [6.45, 7) is 0. The Morgan fingerprint density at radius 1 is 1.24 bits per heavy atom. The quantitative estimate of drug-likeness (QED) is 0.639. The van der Waals surface area contributed by atoms with Crippen molar-refractivity contribution >= 4 is 23.2 Å². The molecule has 17 heavy (non-hydrogen) atoms. The number of aromatic nitrogens is 1. The normalized spacial score (nSPS) is 9.88. The van der Waals surface area contributed by atoms with Crippen LogP contribution in [-0.4, -0.2) is 16.9 Å². The highest BCUT2D eigenvalue weighted by Crippen LogP contribution is 2.26. The number of esters is 1. The van der Waals surface area contributed by atoms with Crippen molar-refractivity contribution in [3.8, 4) is 16.5 Å². The Hall–Kier alpha value is -2.21. The number of rotatable bonds is 2. The van der Waals surface area contributed by atoms with Crippen molar-refractivity contribution in [1.29, 1.82) is 0 Å². The van der Waals surface area contributed by atoms with E-state index in [1.807, 2.05) is 30.3 Å². The van der Waals surface area contributed by atoms with Gasteiger partial charge in [0.05, 0.1) is 5.69 Å². The van der Waals surface area contributed by atoms with Crippen molar-refractivity contribution in [3.05, 3.63) is 35.7 Å². The van der Waals surface area contributed by atoms with Gasteiger partial charge in [0, 0.05) is 10.9 Å². The molecule has 1 aromatic carbocycles. The first-order chi connectivity index (χ1) is 8.16. The molecule has 0 bridgehead atoms. The third kappa shape index (κ3) is 2.67. The van der Waals surface area contributed by atoms with Gasteiger partial charge in [0.2, 0.25) is 0 Å². The summed E-state index contributed by atoms with van der Waals surface area (Å²) in [4.78, 5) is 25.5. The van der Waals surface area contributed by atoms with Crippen molar-refractivity contribution in [2.45, 2.75) is 0 Å². The fourth-order valence-corrected chi connectivity index (χ4v) is 1.85. The number of hydrogen-bond acceptors (Lipinski definition) is 5. The summed E-state index contributed by atoms with van der Waals surface area (Å²) in [6, 6.07) is 9.42. The first kappa shape index (κ1) is 11.3. The highest BCUT2D eigenvalue weighted by atomic mass is 32.1. The van der Waals surface area contributed by atoms with Gasteiger partial charge >= 0.3 is 11.9 Å². The van der Waals surface area contributed by atoms with Gasteiger partial charge in [-0.25, -0.2) is 9.78 Å². The third-order valence-corrected chi connectivity index (χ3v) is 2.65. The molecule has 5 nitrogen and oxygen atoms in total. The Morgan fingerprint density at radius 2 is 1.94 bits per heavy atom. The van der Waals surface area contributed by atoms with E-state index in [4.69, 9.17) is 5.73 Å². The zero-order valence-corrected chi connectivity index (χ0v) is 9.44. The van der Waals surface area contributed by atoms with Gasteiger partial charge in [-0.1, -0.05) is 41.7 Å². The molecule has 0 unspecified atom stereocenters. The smallest absolute Gasteiger partial charge is 0.391 e. The maximum absolute atomic E-state index is 10.9. The molecule has 1 heterocycles. The van der Waals surface area contributed by atoms with E-state index in [0.717, 1.165) is 16.9 Å². The summed E-state index contributed by atoms with van der Waals surface area (Å²) < 4.78 is 4.67. The Morgan fingerprint density at radius 3 is 2.59 bits per heavy atom. The second kappa shape index (κ2) is 4.75. The van der Waals surface area contributed by atoms with Crippen LogP contribution in [0.2, 0.25) is 0 Å². The number of ether oxygens (including phenoxy) is 1. The van der Waals surface area contributed by atoms with E-state index < -0.39 is 11.9 Å². The molecule has 2 aromatic rings. The molecule has 0 aliphatic rings. The van der Waals surface area contributed by atoms with Crippen molar-refractivity contribution in [1.82, 2.24) is 4.98 Å². The Labute approximate surface area is 101 Å². The lowest BCUT2D eigenvalue weighted by atomic mass is 10.2. The van der Waals surface area contributed by atoms with Crippen molar-refractivity contribution in [2.24, 2.45) is 5.73 Å². The molecule has 0 saturated heterocycles. The Bertz CT molecular complexity index is 551. The average Bonchev–Trinajstić information content (AvgIpc) is 2.78. The summed E-state index contributed by atoms with van der Waals surface area (Å²) in [6.07, 6.45) is 0. The van der Waals surface area contributed by atoms with E-state index in [0.29, 0.717) is 5.69 Å². The number of hydrogen-bond donors (Lipinski definition) is 1. The van der Waals surface area contributed by atoms with Crippen LogP contribution in [-0.2, 0) is 9.59 Å². The van der Waals surface area contributed by atoms with Crippen molar-refractivity contribution < 1.29 is 14.3 Å². The van der Waals surface area contributed by atoms with Gasteiger partial charge in [-0.3, -0.25) is 4.79 Å². The first-order valence-electron chi connectivity index (χ1n) is 4.69. The molecule has 0 radical (unpaired) electrons. The second-order valence-corrected chi connectivity index (χ2v) is 3.94. The van der Waals surface area contributed by atoms with Crippen molar-refractivity contribution in [3.63, 3.8) is 0 Å². The molecule has 0 aliphatic heterocycles. The molecule has 1 aromatic heterocycles. The first-order valence-corrected chi connectivity index (χ1v) is 5.57. The highest BCUT2D eigenvalue weighted by molar-refractivity contribution is 7.11. The lowest BCUT2D eigenvalue weighted by molar-refractivity contribution is -0.146. The molecular weight excluding hydrogens is 240 g/mol. The number of nitrogens with two attached hydrogens (primary N) is 1. The minimum Gasteiger partial charge on any atom is -0.391 e. The summed E-state index contributed by atoms with van der Waals surface area (Å²) in [7, 11) is 0. The monoisotopic (exact) mass is 248 g/mol. The van der Waals surface area contributed by atoms with Gasteiger partial charge < -0.3 is 10.5 Å². The summed E-state index contributed by atoms with van der Waals surface area (Å²) >= 11 is 1.13. The number of amides is 1. The van der Waals surface area contributed by atoms with Crippen LogP contribution < -0.4 is 10.5 Å². The Balaban J connectivity index is 2.17.